The molecule has 1 rings (SSSR count). The van der Waals surface area contributed by atoms with E-state index in [-0.39, 0.29) is 5.69 Å². The third-order valence-corrected chi connectivity index (χ3v) is 2.15. The molecule has 94 valence electrons. The first-order chi connectivity index (χ1) is 7.97. The van der Waals surface area contributed by atoms with Crippen LogP contribution in [-0.4, -0.2) is 27.1 Å². The number of nitrogens with zero attached hydrogens (tertiary/aromatic N) is 2. The third kappa shape index (κ3) is 3.08. The fraction of sp³-hybridized carbons (Fsp3) is 0.500. The Morgan fingerprint density at radius 2 is 2.24 bits per heavy atom. The molecule has 0 aliphatic rings. The van der Waals surface area contributed by atoms with Gasteiger partial charge in [0.15, 0.2) is 0 Å². The second-order valence-corrected chi connectivity index (χ2v) is 3.47. The normalized spacial score (nSPS) is 10.8. The summed E-state index contributed by atoms with van der Waals surface area (Å²) in [6.07, 6.45) is -0.822. The van der Waals surface area contributed by atoms with E-state index in [1.165, 1.54) is 0 Å². The van der Waals surface area contributed by atoms with Gasteiger partial charge in [0.25, 0.3) is 12.0 Å². The molecule has 5 nitrogen and oxygen atoms in total. The van der Waals surface area contributed by atoms with Crippen molar-refractivity contribution in [3.05, 3.63) is 27.9 Å². The number of carboxylic acids is 1. The lowest BCUT2D eigenvalue weighted by atomic mass is 10.1. The minimum absolute atomic E-state index is 0.135. The number of hydrogen-bond donors (Lipinski definition) is 1. The molecule has 0 radical (unpaired) electrons. The van der Waals surface area contributed by atoms with E-state index in [1.54, 1.807) is 6.92 Å². The highest BCUT2D eigenvalue weighted by molar-refractivity contribution is 5.88. The first-order valence-electron chi connectivity index (χ1n) is 5.07. The van der Waals surface area contributed by atoms with Crippen LogP contribution in [0.15, 0.2) is 11.1 Å². The lowest BCUT2D eigenvalue weighted by molar-refractivity contribution is 0.0689. The predicted octanol–water partition coefficient (Wildman–Crippen LogP) is 1.16. The fourth-order valence-corrected chi connectivity index (χ4v) is 1.44. The summed E-state index contributed by atoms with van der Waals surface area (Å²) in [6, 6.07) is 0. The minimum Gasteiger partial charge on any atom is -0.477 e. The van der Waals surface area contributed by atoms with Gasteiger partial charge >= 0.3 is 5.97 Å². The van der Waals surface area contributed by atoms with Gasteiger partial charge in [-0.25, -0.2) is 18.6 Å². The van der Waals surface area contributed by atoms with Crippen LogP contribution in [0.2, 0.25) is 0 Å². The topological polar surface area (TPSA) is 72.2 Å². The van der Waals surface area contributed by atoms with Gasteiger partial charge in [0, 0.05) is 0 Å². The first-order valence-corrected chi connectivity index (χ1v) is 5.07. The molecule has 0 spiro atoms. The zero-order valence-corrected chi connectivity index (χ0v) is 9.19. The lowest BCUT2D eigenvalue weighted by Crippen LogP contribution is -2.30. The van der Waals surface area contributed by atoms with E-state index in [2.05, 4.69) is 4.98 Å². The number of rotatable bonds is 5. The van der Waals surface area contributed by atoms with Gasteiger partial charge in [-0.3, -0.25) is 9.36 Å². The lowest BCUT2D eigenvalue weighted by Gasteiger charge is -2.08. The molecule has 1 aromatic heterocycles. The molecule has 0 bridgehead atoms. The van der Waals surface area contributed by atoms with Crippen LogP contribution in [0.5, 0.6) is 0 Å². The van der Waals surface area contributed by atoms with E-state index >= 15 is 0 Å². The van der Waals surface area contributed by atoms with Gasteiger partial charge < -0.3 is 5.11 Å². The molecule has 0 saturated carbocycles. The highest BCUT2D eigenvalue weighted by Crippen LogP contribution is 2.05. The molecule has 0 atom stereocenters. The van der Waals surface area contributed by atoms with Crippen LogP contribution >= 0.6 is 0 Å². The van der Waals surface area contributed by atoms with Crippen molar-refractivity contribution in [2.75, 3.05) is 0 Å². The molecular formula is C10H12F2N2O3. The maximum Gasteiger partial charge on any atom is 0.343 e. The zero-order chi connectivity index (χ0) is 13.0. The zero-order valence-electron chi connectivity index (χ0n) is 9.19. The summed E-state index contributed by atoms with van der Waals surface area (Å²) >= 11 is 0. The standard InChI is InChI=1S/C10H12F2N2O3/c1-2-3-6-8(10(16)17)9(15)14(5-13-6)4-7(11)12/h5,7H,2-4H2,1H3,(H,16,17). The maximum absolute atomic E-state index is 12.1. The van der Waals surface area contributed by atoms with Gasteiger partial charge in [0.2, 0.25) is 0 Å². The van der Waals surface area contributed by atoms with Gasteiger partial charge in [-0.2, -0.15) is 0 Å². The van der Waals surface area contributed by atoms with Crippen molar-refractivity contribution in [2.24, 2.45) is 0 Å². The van der Waals surface area contributed by atoms with Gasteiger partial charge in [-0.15, -0.1) is 0 Å². The summed E-state index contributed by atoms with van der Waals surface area (Å²) in [5.41, 5.74) is -1.32. The number of alkyl halides is 2. The van der Waals surface area contributed by atoms with Crippen molar-refractivity contribution in [1.82, 2.24) is 9.55 Å². The highest BCUT2D eigenvalue weighted by Gasteiger charge is 2.19. The van der Waals surface area contributed by atoms with E-state index in [0.29, 0.717) is 17.4 Å². The SMILES string of the molecule is CCCc1ncn(CC(F)F)c(=O)c1C(=O)O. The van der Waals surface area contributed by atoms with E-state index in [0.717, 1.165) is 6.33 Å². The quantitative estimate of drug-likeness (QED) is 0.846. The van der Waals surface area contributed by atoms with E-state index in [9.17, 15) is 18.4 Å². The molecule has 1 N–H and O–H groups in total. The van der Waals surface area contributed by atoms with Crippen LogP contribution in [0.25, 0.3) is 0 Å². The number of carboxylic acid groups (broad SMARTS) is 1. The summed E-state index contributed by atoms with van der Waals surface area (Å²) in [5, 5.41) is 8.89. The van der Waals surface area contributed by atoms with Gasteiger partial charge in [0.05, 0.1) is 18.6 Å². The Morgan fingerprint density at radius 1 is 1.59 bits per heavy atom. The van der Waals surface area contributed by atoms with Crippen molar-refractivity contribution < 1.29 is 18.7 Å². The van der Waals surface area contributed by atoms with Crippen LogP contribution in [0.3, 0.4) is 0 Å². The van der Waals surface area contributed by atoms with E-state index < -0.39 is 30.1 Å². The van der Waals surface area contributed by atoms with Crippen molar-refractivity contribution in [3.63, 3.8) is 0 Å². The van der Waals surface area contributed by atoms with Gasteiger partial charge in [0.1, 0.15) is 5.56 Å². The molecule has 0 aliphatic carbocycles. The largest absolute Gasteiger partial charge is 0.477 e. The van der Waals surface area contributed by atoms with E-state index in [4.69, 9.17) is 5.11 Å². The molecule has 0 amide bonds. The maximum atomic E-state index is 12.1. The second-order valence-electron chi connectivity index (χ2n) is 3.47. The number of hydrogen-bond acceptors (Lipinski definition) is 3. The van der Waals surface area contributed by atoms with Crippen molar-refractivity contribution in [2.45, 2.75) is 32.7 Å². The predicted molar refractivity (Wildman–Crippen MR) is 55.5 cm³/mol. The summed E-state index contributed by atoms with van der Waals surface area (Å²) in [6.45, 7) is 0.955. The highest BCUT2D eigenvalue weighted by atomic mass is 19.3. The Labute approximate surface area is 95.7 Å². The Kier molecular flexibility index (Phi) is 4.30. The summed E-state index contributed by atoms with van der Waals surface area (Å²) in [7, 11) is 0. The van der Waals surface area contributed by atoms with Crippen molar-refractivity contribution in [1.29, 1.82) is 0 Å². The molecule has 0 aromatic carbocycles. The number of aromatic nitrogens is 2. The van der Waals surface area contributed by atoms with Crippen LogP contribution in [0.4, 0.5) is 8.78 Å². The van der Waals surface area contributed by atoms with Crippen LogP contribution < -0.4 is 5.56 Å². The van der Waals surface area contributed by atoms with Crippen molar-refractivity contribution in [3.8, 4) is 0 Å². The van der Waals surface area contributed by atoms with Gasteiger partial charge in [-0.05, 0) is 6.42 Å². The number of halogens is 2. The monoisotopic (exact) mass is 246 g/mol. The van der Waals surface area contributed by atoms with Crippen LogP contribution in [-0.2, 0) is 13.0 Å². The average Bonchev–Trinajstić information content (AvgIpc) is 2.21. The second kappa shape index (κ2) is 5.51. The third-order valence-electron chi connectivity index (χ3n) is 2.15. The molecule has 1 heterocycles. The molecule has 1 aromatic rings. The molecule has 0 aliphatic heterocycles. The Balaban J connectivity index is 3.28. The summed E-state index contributed by atoms with van der Waals surface area (Å²) in [5.74, 6) is -1.44. The first kappa shape index (κ1) is 13.3. The van der Waals surface area contributed by atoms with Crippen molar-refractivity contribution >= 4 is 5.97 Å². The molecule has 17 heavy (non-hydrogen) atoms. The number of aromatic carboxylic acids is 1. The molecule has 0 saturated heterocycles. The van der Waals surface area contributed by atoms with Crippen LogP contribution in [0.1, 0.15) is 29.4 Å². The molecular weight excluding hydrogens is 234 g/mol. The molecule has 0 unspecified atom stereocenters. The number of carbonyl (C=O) groups is 1. The molecule has 7 heteroatoms. The molecule has 0 fully saturated rings. The smallest absolute Gasteiger partial charge is 0.343 e. The van der Waals surface area contributed by atoms with Crippen LogP contribution in [0, 0.1) is 0 Å². The summed E-state index contributed by atoms with van der Waals surface area (Å²) in [4.78, 5) is 26.3. The average molecular weight is 246 g/mol. The Bertz CT molecular complexity index is 471. The number of aryl methyl sites for hydroxylation is 1. The Morgan fingerprint density at radius 3 is 2.71 bits per heavy atom. The van der Waals surface area contributed by atoms with E-state index in [1.807, 2.05) is 0 Å². The van der Waals surface area contributed by atoms with Gasteiger partial charge in [-0.1, -0.05) is 13.3 Å². The fourth-order valence-electron chi connectivity index (χ4n) is 1.44. The minimum atomic E-state index is -2.73. The Hall–Kier alpha value is -1.79. The summed E-state index contributed by atoms with van der Waals surface area (Å²) < 4.78 is 24.9.